The van der Waals surface area contributed by atoms with Crippen LogP contribution in [0.4, 0.5) is 5.69 Å². The monoisotopic (exact) mass is 377 g/mol. The smallest absolute Gasteiger partial charge is 0.257 e. The van der Waals surface area contributed by atoms with Gasteiger partial charge >= 0.3 is 0 Å². The zero-order chi connectivity index (χ0) is 14.0. The fourth-order valence-corrected chi connectivity index (χ4v) is 2.61. The van der Waals surface area contributed by atoms with Crippen molar-refractivity contribution in [1.82, 2.24) is 0 Å². The van der Waals surface area contributed by atoms with Gasteiger partial charge in [0.1, 0.15) is 0 Å². The molecule has 98 valence electrons. The Bertz CT molecular complexity index is 626. The van der Waals surface area contributed by atoms with Crippen molar-refractivity contribution in [2.45, 2.75) is 0 Å². The highest BCUT2D eigenvalue weighted by Gasteiger charge is 2.13. The quantitative estimate of drug-likeness (QED) is 0.716. The summed E-state index contributed by atoms with van der Waals surface area (Å²) in [6.07, 6.45) is 0. The van der Waals surface area contributed by atoms with E-state index in [1.165, 1.54) is 0 Å². The average molecular weight is 379 g/mol. The molecule has 0 unspecified atom stereocenters. The maximum absolute atomic E-state index is 12.1. The second-order valence-electron chi connectivity index (χ2n) is 3.71. The molecule has 0 spiro atoms. The first-order chi connectivity index (χ1) is 8.97. The van der Waals surface area contributed by atoms with Crippen molar-refractivity contribution in [2.75, 3.05) is 5.32 Å². The molecule has 0 heterocycles. The zero-order valence-electron chi connectivity index (χ0n) is 9.38. The number of amides is 1. The highest BCUT2D eigenvalue weighted by molar-refractivity contribution is 9.10. The lowest BCUT2D eigenvalue weighted by Gasteiger charge is -2.08. The molecule has 2 nitrogen and oxygen atoms in total. The topological polar surface area (TPSA) is 29.1 Å². The van der Waals surface area contributed by atoms with Crippen LogP contribution in [-0.2, 0) is 0 Å². The summed E-state index contributed by atoms with van der Waals surface area (Å²) >= 11 is 21.1. The van der Waals surface area contributed by atoms with E-state index in [0.717, 1.165) is 0 Å². The Morgan fingerprint density at radius 1 is 1.05 bits per heavy atom. The molecule has 0 aliphatic heterocycles. The highest BCUT2D eigenvalue weighted by atomic mass is 79.9. The number of carbonyl (C=O) groups excluding carboxylic acids is 1. The van der Waals surface area contributed by atoms with E-state index in [-0.39, 0.29) is 5.91 Å². The second kappa shape index (κ2) is 6.14. The van der Waals surface area contributed by atoms with Crippen LogP contribution < -0.4 is 5.32 Å². The molecule has 0 aliphatic rings. The van der Waals surface area contributed by atoms with E-state index >= 15 is 0 Å². The first-order valence-corrected chi connectivity index (χ1v) is 7.11. The number of halogens is 4. The molecule has 2 aromatic carbocycles. The lowest BCUT2D eigenvalue weighted by atomic mass is 10.2. The molecule has 0 fully saturated rings. The number of hydrogen-bond donors (Lipinski definition) is 1. The van der Waals surface area contributed by atoms with Crippen molar-refractivity contribution < 1.29 is 4.79 Å². The minimum Gasteiger partial charge on any atom is -0.322 e. The van der Waals surface area contributed by atoms with Gasteiger partial charge in [-0.1, -0.05) is 40.9 Å². The minimum atomic E-state index is -0.329. The molecule has 0 aliphatic carbocycles. The maximum Gasteiger partial charge on any atom is 0.257 e. The third-order valence-corrected chi connectivity index (χ3v) is 4.05. The van der Waals surface area contributed by atoms with E-state index in [4.69, 9.17) is 34.8 Å². The predicted molar refractivity (Wildman–Crippen MR) is 83.6 cm³/mol. The Balaban J connectivity index is 2.28. The molecule has 6 heteroatoms. The van der Waals surface area contributed by atoms with E-state index in [1.807, 2.05) is 0 Å². The van der Waals surface area contributed by atoms with Crippen molar-refractivity contribution in [1.29, 1.82) is 0 Å². The van der Waals surface area contributed by atoms with Crippen LogP contribution in [0.1, 0.15) is 10.4 Å². The first-order valence-electron chi connectivity index (χ1n) is 5.19. The normalized spacial score (nSPS) is 10.3. The Hall–Kier alpha value is -0.740. The van der Waals surface area contributed by atoms with Gasteiger partial charge in [-0.25, -0.2) is 0 Å². The number of hydrogen-bond acceptors (Lipinski definition) is 1. The average Bonchev–Trinajstić information content (AvgIpc) is 2.31. The van der Waals surface area contributed by atoms with Crippen LogP contribution in [0, 0.1) is 0 Å². The van der Waals surface area contributed by atoms with Gasteiger partial charge in [0.05, 0.1) is 10.6 Å². The summed E-state index contributed by atoms with van der Waals surface area (Å²) in [6.45, 7) is 0. The summed E-state index contributed by atoms with van der Waals surface area (Å²) in [5, 5.41) is 3.94. The van der Waals surface area contributed by atoms with E-state index in [2.05, 4.69) is 21.2 Å². The second-order valence-corrected chi connectivity index (χ2v) is 5.82. The predicted octanol–water partition coefficient (Wildman–Crippen LogP) is 5.66. The molecule has 0 bridgehead atoms. The van der Waals surface area contributed by atoms with E-state index in [1.54, 1.807) is 36.4 Å². The van der Waals surface area contributed by atoms with E-state index in [0.29, 0.717) is 30.8 Å². The molecule has 0 aromatic heterocycles. The molecule has 19 heavy (non-hydrogen) atoms. The fraction of sp³-hybridized carbons (Fsp3) is 0. The lowest BCUT2D eigenvalue weighted by molar-refractivity contribution is 0.102. The van der Waals surface area contributed by atoms with Crippen LogP contribution in [0.25, 0.3) is 0 Å². The van der Waals surface area contributed by atoms with Gasteiger partial charge in [-0.15, -0.1) is 0 Å². The van der Waals surface area contributed by atoms with Crippen LogP contribution in [0.5, 0.6) is 0 Å². The van der Waals surface area contributed by atoms with Gasteiger partial charge in [0.2, 0.25) is 0 Å². The Labute approximate surface area is 133 Å². The summed E-state index contributed by atoms with van der Waals surface area (Å²) < 4.78 is 0.658. The number of anilines is 1. The summed E-state index contributed by atoms with van der Waals surface area (Å²) in [4.78, 5) is 12.1. The van der Waals surface area contributed by atoms with Crippen molar-refractivity contribution in [3.63, 3.8) is 0 Å². The van der Waals surface area contributed by atoms with Crippen LogP contribution in [0.2, 0.25) is 15.1 Å². The number of benzene rings is 2. The fourth-order valence-electron chi connectivity index (χ4n) is 1.50. The molecule has 0 saturated carbocycles. The van der Waals surface area contributed by atoms with E-state index in [9.17, 15) is 4.79 Å². The van der Waals surface area contributed by atoms with Gasteiger partial charge < -0.3 is 5.32 Å². The lowest BCUT2D eigenvalue weighted by Crippen LogP contribution is -2.12. The van der Waals surface area contributed by atoms with Gasteiger partial charge in [-0.3, -0.25) is 4.79 Å². The van der Waals surface area contributed by atoms with Gasteiger partial charge in [0.15, 0.2) is 0 Å². The van der Waals surface area contributed by atoms with Gasteiger partial charge in [0.25, 0.3) is 5.91 Å². The number of carbonyl (C=O) groups is 1. The largest absolute Gasteiger partial charge is 0.322 e. The van der Waals surface area contributed by atoms with Crippen molar-refractivity contribution in [3.8, 4) is 0 Å². The van der Waals surface area contributed by atoms with Crippen LogP contribution in [0.15, 0.2) is 40.9 Å². The third kappa shape index (κ3) is 3.63. The third-order valence-electron chi connectivity index (χ3n) is 2.32. The Kier molecular flexibility index (Phi) is 4.74. The maximum atomic E-state index is 12.1. The van der Waals surface area contributed by atoms with Crippen molar-refractivity contribution in [3.05, 3.63) is 61.5 Å². The highest BCUT2D eigenvalue weighted by Crippen LogP contribution is 2.27. The van der Waals surface area contributed by atoms with Gasteiger partial charge in [0, 0.05) is 20.2 Å². The molecular weight excluding hydrogens is 372 g/mol. The van der Waals surface area contributed by atoms with Crippen LogP contribution in [-0.4, -0.2) is 5.91 Å². The summed E-state index contributed by atoms with van der Waals surface area (Å²) in [5.74, 6) is -0.329. The molecule has 0 saturated heterocycles. The molecule has 2 aromatic rings. The molecule has 0 radical (unpaired) electrons. The van der Waals surface area contributed by atoms with E-state index < -0.39 is 0 Å². The Morgan fingerprint density at radius 2 is 1.68 bits per heavy atom. The van der Waals surface area contributed by atoms with Gasteiger partial charge in [-0.05, 0) is 46.3 Å². The number of nitrogens with one attached hydrogen (secondary N) is 1. The molecule has 0 atom stereocenters. The van der Waals surface area contributed by atoms with Crippen molar-refractivity contribution >= 4 is 62.3 Å². The SMILES string of the molecule is O=C(Nc1cc(Cl)cc(Cl)c1)c1cccc(Br)c1Cl. The molecule has 1 N–H and O–H groups in total. The van der Waals surface area contributed by atoms with Crippen LogP contribution >= 0.6 is 50.7 Å². The van der Waals surface area contributed by atoms with Gasteiger partial charge in [-0.2, -0.15) is 0 Å². The zero-order valence-corrected chi connectivity index (χ0v) is 13.2. The Morgan fingerprint density at radius 3 is 2.32 bits per heavy atom. The van der Waals surface area contributed by atoms with Crippen molar-refractivity contribution in [2.24, 2.45) is 0 Å². The summed E-state index contributed by atoms with van der Waals surface area (Å²) in [6, 6.07) is 9.93. The first kappa shape index (κ1) is 14.7. The van der Waals surface area contributed by atoms with Crippen LogP contribution in [0.3, 0.4) is 0 Å². The molecule has 1 amide bonds. The molecule has 2 rings (SSSR count). The number of rotatable bonds is 2. The summed E-state index contributed by atoms with van der Waals surface area (Å²) in [7, 11) is 0. The standard InChI is InChI=1S/C13H7BrCl3NO/c14-11-3-1-2-10(12(11)17)13(19)18-9-5-7(15)4-8(16)6-9/h1-6H,(H,18,19). The molecular formula is C13H7BrCl3NO. The summed E-state index contributed by atoms with van der Waals surface area (Å²) in [5.41, 5.74) is 0.880. The minimum absolute atomic E-state index is 0.329.